The van der Waals surface area contributed by atoms with Crippen LogP contribution in [0.5, 0.6) is 5.75 Å². The van der Waals surface area contributed by atoms with Crippen LogP contribution in [0.15, 0.2) is 48.5 Å². The van der Waals surface area contributed by atoms with Crippen molar-refractivity contribution in [1.82, 2.24) is 4.90 Å². The van der Waals surface area contributed by atoms with Gasteiger partial charge in [0.25, 0.3) is 5.91 Å². The molecule has 1 amide bonds. The lowest BCUT2D eigenvalue weighted by atomic mass is 9.96. The third-order valence-corrected chi connectivity index (χ3v) is 6.40. The predicted octanol–water partition coefficient (Wildman–Crippen LogP) is 4.47. The number of likely N-dealkylation sites (tertiary alicyclic amines) is 1. The van der Waals surface area contributed by atoms with Crippen LogP contribution in [-0.4, -0.2) is 30.5 Å². The molecule has 3 aromatic rings. The molecule has 1 saturated heterocycles. The van der Waals surface area contributed by atoms with Gasteiger partial charge in [0.1, 0.15) is 5.75 Å². The second kappa shape index (κ2) is 5.88. The number of fused-ring (bicyclic) bond motifs is 2. The quantitative estimate of drug-likeness (QED) is 0.683. The first-order valence-corrected chi connectivity index (χ1v) is 9.63. The number of ether oxygens (including phenoxy) is 1. The number of carbonyl (C=O) groups excluding carboxylic acids is 1. The summed E-state index contributed by atoms with van der Waals surface area (Å²) in [7, 11) is 0. The fraction of sp³-hybridized carbons (Fsp3) is 0.286. The van der Waals surface area contributed by atoms with E-state index in [-0.39, 0.29) is 5.91 Å². The molecule has 126 valence electrons. The van der Waals surface area contributed by atoms with Gasteiger partial charge in [-0.15, -0.1) is 11.3 Å². The average molecular weight is 349 g/mol. The Labute approximate surface area is 150 Å². The highest BCUT2D eigenvalue weighted by molar-refractivity contribution is 7.20. The lowest BCUT2D eigenvalue weighted by Gasteiger charge is -2.16. The van der Waals surface area contributed by atoms with Crippen LogP contribution in [0.3, 0.4) is 0 Å². The molecular formula is C21H19NO2S. The van der Waals surface area contributed by atoms with Crippen LogP contribution in [0.1, 0.15) is 33.1 Å². The number of benzene rings is 2. The van der Waals surface area contributed by atoms with Crippen molar-refractivity contribution in [3.05, 3.63) is 64.5 Å². The Bertz CT molecular complexity index is 928. The maximum Gasteiger partial charge on any atom is 0.263 e. The van der Waals surface area contributed by atoms with E-state index in [0.717, 1.165) is 48.6 Å². The van der Waals surface area contributed by atoms with Gasteiger partial charge < -0.3 is 9.64 Å². The van der Waals surface area contributed by atoms with Crippen LogP contribution < -0.4 is 4.74 Å². The fourth-order valence-corrected chi connectivity index (χ4v) is 4.95. The fourth-order valence-electron chi connectivity index (χ4n) is 3.92. The number of hydrogen-bond acceptors (Lipinski definition) is 3. The largest absolute Gasteiger partial charge is 0.493 e. The maximum absolute atomic E-state index is 12.9. The molecule has 0 N–H and O–H groups in total. The molecule has 1 atom stereocenters. The van der Waals surface area contributed by atoms with Crippen LogP contribution >= 0.6 is 11.3 Å². The third kappa shape index (κ3) is 2.61. The molecule has 0 saturated carbocycles. The normalized spacial score (nSPS) is 19.2. The number of nitrogens with zero attached hydrogens (tertiary/aromatic N) is 1. The molecular weight excluding hydrogens is 330 g/mol. The van der Waals surface area contributed by atoms with Crippen LogP contribution in [0.4, 0.5) is 0 Å². The van der Waals surface area contributed by atoms with E-state index in [1.54, 1.807) is 11.3 Å². The Morgan fingerprint density at radius 1 is 1.16 bits per heavy atom. The number of hydrogen-bond donors (Lipinski definition) is 0. The molecule has 2 aliphatic rings. The van der Waals surface area contributed by atoms with Crippen molar-refractivity contribution in [2.24, 2.45) is 0 Å². The third-order valence-electron chi connectivity index (χ3n) is 5.30. The first kappa shape index (κ1) is 15.0. The van der Waals surface area contributed by atoms with Crippen molar-refractivity contribution in [2.45, 2.75) is 18.8 Å². The van der Waals surface area contributed by atoms with E-state index in [0.29, 0.717) is 5.92 Å². The van der Waals surface area contributed by atoms with E-state index in [4.69, 9.17) is 4.74 Å². The van der Waals surface area contributed by atoms with Crippen molar-refractivity contribution < 1.29 is 9.53 Å². The highest BCUT2D eigenvalue weighted by atomic mass is 32.1. The topological polar surface area (TPSA) is 29.5 Å². The summed E-state index contributed by atoms with van der Waals surface area (Å²) in [5, 5.41) is 1.16. The zero-order valence-electron chi connectivity index (χ0n) is 13.9. The summed E-state index contributed by atoms with van der Waals surface area (Å²) in [6.07, 6.45) is 2.04. The second-order valence-corrected chi connectivity index (χ2v) is 7.93. The van der Waals surface area contributed by atoms with E-state index < -0.39 is 0 Å². The van der Waals surface area contributed by atoms with Gasteiger partial charge in [-0.1, -0.05) is 30.3 Å². The summed E-state index contributed by atoms with van der Waals surface area (Å²) >= 11 is 1.60. The molecule has 0 aliphatic carbocycles. The number of rotatable bonds is 2. The van der Waals surface area contributed by atoms with Crippen LogP contribution in [0.25, 0.3) is 10.1 Å². The summed E-state index contributed by atoms with van der Waals surface area (Å²) in [6.45, 7) is 2.44. The monoisotopic (exact) mass is 349 g/mol. The summed E-state index contributed by atoms with van der Waals surface area (Å²) in [4.78, 5) is 15.8. The number of thiophene rings is 1. The lowest BCUT2D eigenvalue weighted by molar-refractivity contribution is 0.0795. The molecule has 2 aromatic carbocycles. The lowest BCUT2D eigenvalue weighted by Crippen LogP contribution is -2.27. The van der Waals surface area contributed by atoms with Gasteiger partial charge >= 0.3 is 0 Å². The van der Waals surface area contributed by atoms with Crippen molar-refractivity contribution in [3.8, 4) is 5.75 Å². The summed E-state index contributed by atoms with van der Waals surface area (Å²) in [6, 6.07) is 16.8. The maximum atomic E-state index is 12.9. The van der Waals surface area contributed by atoms with Gasteiger partial charge in [0.05, 0.1) is 11.5 Å². The van der Waals surface area contributed by atoms with E-state index in [1.165, 1.54) is 15.8 Å². The average Bonchev–Trinajstić information content (AvgIpc) is 3.38. The van der Waals surface area contributed by atoms with Gasteiger partial charge in [0.2, 0.25) is 0 Å². The minimum Gasteiger partial charge on any atom is -0.493 e. The molecule has 25 heavy (non-hydrogen) atoms. The standard InChI is InChI=1S/C21H19NO2S/c23-21(20-12-16-3-1-2-4-19(16)25-20)22-9-7-17(13-22)14-5-6-18-15(11-14)8-10-24-18/h1-6,11-12,17H,7-10,13H2. The summed E-state index contributed by atoms with van der Waals surface area (Å²) in [5.41, 5.74) is 2.66. The van der Waals surface area contributed by atoms with E-state index in [1.807, 2.05) is 23.1 Å². The molecule has 0 bridgehead atoms. The molecule has 0 spiro atoms. The molecule has 3 heterocycles. The van der Waals surface area contributed by atoms with Gasteiger partial charge in [0.15, 0.2) is 0 Å². The van der Waals surface area contributed by atoms with Crippen molar-refractivity contribution in [2.75, 3.05) is 19.7 Å². The number of amides is 1. The first-order valence-electron chi connectivity index (χ1n) is 8.81. The van der Waals surface area contributed by atoms with Gasteiger partial charge in [-0.25, -0.2) is 0 Å². The molecule has 2 aliphatic heterocycles. The molecule has 4 heteroatoms. The van der Waals surface area contributed by atoms with Crippen LogP contribution in [0.2, 0.25) is 0 Å². The van der Waals surface area contributed by atoms with E-state index in [2.05, 4.69) is 30.3 Å². The SMILES string of the molecule is O=C(c1cc2ccccc2s1)N1CCC(c2ccc3c(c2)CCO3)C1. The van der Waals surface area contributed by atoms with Gasteiger partial charge in [-0.3, -0.25) is 4.79 Å². The van der Waals surface area contributed by atoms with Gasteiger partial charge in [-0.05, 0) is 41.1 Å². The molecule has 1 fully saturated rings. The zero-order chi connectivity index (χ0) is 16.8. The molecule has 5 rings (SSSR count). The van der Waals surface area contributed by atoms with Crippen LogP contribution in [0, 0.1) is 0 Å². The summed E-state index contributed by atoms with van der Waals surface area (Å²) < 4.78 is 6.78. The Morgan fingerprint density at radius 2 is 2.08 bits per heavy atom. The van der Waals surface area contributed by atoms with E-state index in [9.17, 15) is 4.79 Å². The minimum atomic E-state index is 0.174. The smallest absolute Gasteiger partial charge is 0.263 e. The van der Waals surface area contributed by atoms with Crippen molar-refractivity contribution in [1.29, 1.82) is 0 Å². The zero-order valence-corrected chi connectivity index (χ0v) is 14.7. The predicted molar refractivity (Wildman–Crippen MR) is 101 cm³/mol. The number of carbonyl (C=O) groups is 1. The highest BCUT2D eigenvalue weighted by Crippen LogP contribution is 2.34. The summed E-state index contributed by atoms with van der Waals surface area (Å²) in [5.74, 6) is 1.64. The second-order valence-electron chi connectivity index (χ2n) is 6.85. The molecule has 0 radical (unpaired) electrons. The Kier molecular flexibility index (Phi) is 3.52. The van der Waals surface area contributed by atoms with Crippen molar-refractivity contribution >= 4 is 27.3 Å². The van der Waals surface area contributed by atoms with E-state index >= 15 is 0 Å². The minimum absolute atomic E-state index is 0.174. The first-order chi connectivity index (χ1) is 12.3. The Balaban J connectivity index is 1.35. The van der Waals surface area contributed by atoms with Crippen LogP contribution in [-0.2, 0) is 6.42 Å². The van der Waals surface area contributed by atoms with Gasteiger partial charge in [0, 0.05) is 30.1 Å². The Hall–Kier alpha value is -2.33. The molecule has 1 unspecified atom stereocenters. The van der Waals surface area contributed by atoms with Gasteiger partial charge in [-0.2, -0.15) is 0 Å². The molecule has 1 aromatic heterocycles. The molecule has 3 nitrogen and oxygen atoms in total. The van der Waals surface area contributed by atoms with Crippen molar-refractivity contribution in [3.63, 3.8) is 0 Å². The highest BCUT2D eigenvalue weighted by Gasteiger charge is 2.29. The Morgan fingerprint density at radius 3 is 3.00 bits per heavy atom.